The fraction of sp³-hybridized carbons (Fsp3) is 0. The summed E-state index contributed by atoms with van der Waals surface area (Å²) >= 11 is 56.7. The third kappa shape index (κ3) is 6.62. The third-order valence-corrected chi connectivity index (χ3v) is 11.9. The summed E-state index contributed by atoms with van der Waals surface area (Å²) < 4.78 is 0. The molecule has 12 heteroatoms. The van der Waals surface area contributed by atoms with Crippen LogP contribution in [0.1, 0.15) is 22.3 Å². The molecule has 9 rings (SSSR count). The molecule has 8 bridgehead atoms. The monoisotopic (exact) mass is 884 g/mol. The second kappa shape index (κ2) is 14.9. The first-order chi connectivity index (χ1) is 27.0. The van der Waals surface area contributed by atoms with Crippen LogP contribution in [0.15, 0.2) is 164 Å². The molecule has 0 saturated carbocycles. The van der Waals surface area contributed by atoms with Crippen molar-refractivity contribution in [3.8, 4) is 0 Å². The average Bonchev–Trinajstić information content (AvgIpc) is 3.95. The molecule has 0 N–H and O–H groups in total. The Morgan fingerprint density at radius 1 is 0.339 bits per heavy atom. The Morgan fingerprint density at radius 2 is 0.750 bits per heavy atom. The molecule has 0 aliphatic carbocycles. The zero-order chi connectivity index (χ0) is 38.8. The van der Waals surface area contributed by atoms with E-state index in [4.69, 9.17) is 113 Å². The highest BCUT2D eigenvalue weighted by molar-refractivity contribution is 6.56. The van der Waals surface area contributed by atoms with Crippen molar-refractivity contribution in [3.05, 3.63) is 207 Å². The smallest absolute Gasteiger partial charge is 0.0825 e. The third-order valence-electron chi connectivity index (χ3n) is 9.35. The number of rotatable bonds is 4. The van der Waals surface area contributed by atoms with Crippen LogP contribution in [0.2, 0.25) is 40.2 Å². The van der Waals surface area contributed by atoms with Crippen molar-refractivity contribution in [1.82, 2.24) is 0 Å². The minimum atomic E-state index is 0.328. The molecule has 0 aromatic heterocycles. The summed E-state index contributed by atoms with van der Waals surface area (Å²) in [6, 6.07) is 21.1. The average molecular weight is 888 g/mol. The number of benzene rings is 4. The number of fused-ring (bicyclic) bond motifs is 4. The Labute approximate surface area is 361 Å². The van der Waals surface area contributed by atoms with Gasteiger partial charge < -0.3 is 0 Å². The van der Waals surface area contributed by atoms with Gasteiger partial charge in [0, 0.05) is 74.7 Å². The highest BCUT2D eigenvalue weighted by Gasteiger charge is 2.37. The maximum Gasteiger partial charge on any atom is 0.0825 e. The first-order valence-corrected chi connectivity index (χ1v) is 19.9. The summed E-state index contributed by atoms with van der Waals surface area (Å²) in [7, 11) is 0. The number of hydrogen-bond acceptors (Lipinski definition) is 4. The Morgan fingerprint density at radius 3 is 1.25 bits per heavy atom. The normalized spacial score (nSPS) is 17.1. The van der Waals surface area contributed by atoms with Gasteiger partial charge in [-0.15, -0.1) is 0 Å². The molecule has 5 aliphatic rings. The minimum absolute atomic E-state index is 0.328. The van der Waals surface area contributed by atoms with Gasteiger partial charge >= 0.3 is 0 Å². The highest BCUT2D eigenvalue weighted by atomic mass is 35.5. The van der Waals surface area contributed by atoms with Crippen molar-refractivity contribution in [3.63, 3.8) is 0 Å². The van der Waals surface area contributed by atoms with Crippen molar-refractivity contribution < 1.29 is 0 Å². The summed E-state index contributed by atoms with van der Waals surface area (Å²) in [4.78, 5) is 20.4. The number of aliphatic imine (C=N–C) groups is 4. The molecule has 0 fully saturated rings. The first kappa shape index (κ1) is 37.4. The molecule has 0 saturated heterocycles. The molecule has 4 aromatic carbocycles. The molecule has 56 heavy (non-hydrogen) atoms. The van der Waals surface area contributed by atoms with Gasteiger partial charge in [-0.2, -0.15) is 0 Å². The van der Waals surface area contributed by atoms with Crippen LogP contribution in [0, 0.1) is 0 Å². The summed E-state index contributed by atoms with van der Waals surface area (Å²) in [6.45, 7) is 0. The molecular weight excluding hydrogens is 868 g/mol. The van der Waals surface area contributed by atoms with Crippen molar-refractivity contribution in [1.29, 1.82) is 0 Å². The molecule has 0 unspecified atom stereocenters. The summed E-state index contributed by atoms with van der Waals surface area (Å²) in [6.07, 6.45) is 15.2. The van der Waals surface area contributed by atoms with Gasteiger partial charge in [-0.25, -0.2) is 20.0 Å². The quantitative estimate of drug-likeness (QED) is 0.196. The van der Waals surface area contributed by atoms with E-state index in [2.05, 4.69) is 0 Å². The predicted molar refractivity (Wildman–Crippen MR) is 240 cm³/mol. The molecule has 0 spiro atoms. The van der Waals surface area contributed by atoms with Gasteiger partial charge in [0.25, 0.3) is 0 Å². The lowest BCUT2D eigenvalue weighted by atomic mass is 9.85. The van der Waals surface area contributed by atoms with E-state index in [1.54, 1.807) is 72.8 Å². The Bertz CT molecular complexity index is 2800. The van der Waals surface area contributed by atoms with E-state index in [-0.39, 0.29) is 0 Å². The standard InChI is InChI=1S/C44H20Cl8N4/c45-27-5-1-6-28(46)36(27)26-19-25-18-23-14-13-21(53-23)17-22-15-16-24(54-22)20-35-40(37-29(47)7-2-8-30(37)48)41(38-31(49)9-3-10-32(38)50)44(56-35)42(43(26)55-25)39-33(51)11-4-12-34(39)52/h1-20H. The van der Waals surface area contributed by atoms with Crippen LogP contribution in [0.3, 0.4) is 0 Å². The van der Waals surface area contributed by atoms with Crippen LogP contribution in [0.4, 0.5) is 0 Å². The van der Waals surface area contributed by atoms with Crippen LogP contribution < -0.4 is 0 Å². The van der Waals surface area contributed by atoms with E-state index in [1.165, 1.54) is 0 Å². The fourth-order valence-electron chi connectivity index (χ4n) is 7.02. The van der Waals surface area contributed by atoms with Crippen molar-refractivity contribution in [2.24, 2.45) is 20.0 Å². The Balaban J connectivity index is 1.52. The molecule has 4 nitrogen and oxygen atoms in total. The van der Waals surface area contributed by atoms with Crippen molar-refractivity contribution in [2.75, 3.05) is 0 Å². The summed E-state index contributed by atoms with van der Waals surface area (Å²) in [5.41, 5.74) is 8.54. The topological polar surface area (TPSA) is 49.4 Å². The maximum atomic E-state index is 7.17. The van der Waals surface area contributed by atoms with E-state index >= 15 is 0 Å². The maximum absolute atomic E-state index is 7.17. The van der Waals surface area contributed by atoms with Gasteiger partial charge in [0.15, 0.2) is 0 Å². The van der Waals surface area contributed by atoms with Gasteiger partial charge in [-0.1, -0.05) is 117 Å². The lowest BCUT2D eigenvalue weighted by molar-refractivity contribution is 1.41. The van der Waals surface area contributed by atoms with Crippen molar-refractivity contribution >= 4 is 138 Å². The largest absolute Gasteiger partial charge is 0.249 e. The molecule has 5 aliphatic heterocycles. The molecule has 0 atom stereocenters. The molecular formula is C44H20Cl8N4. The SMILES string of the molecule is Clc1cccc(Cl)c1C1=CC2=CC3=NC(=CC4=NC(=CC5=NC(=C(c6c(Cl)cccc6Cl)C1=N2)C(c1c(Cl)cccc1Cl)=C5c1c(Cl)cccc1Cl)C=C4)C=C3. The van der Waals surface area contributed by atoms with E-state index in [0.717, 1.165) is 5.70 Å². The zero-order valence-corrected chi connectivity index (χ0v) is 34.4. The van der Waals surface area contributed by atoms with Crippen LogP contribution in [0.5, 0.6) is 0 Å². The van der Waals surface area contributed by atoms with Crippen LogP contribution in [0.25, 0.3) is 22.3 Å². The van der Waals surface area contributed by atoms with Crippen LogP contribution in [-0.2, 0) is 0 Å². The highest BCUT2D eigenvalue weighted by Crippen LogP contribution is 2.53. The minimum Gasteiger partial charge on any atom is -0.249 e. The second-order valence-corrected chi connectivity index (χ2v) is 16.1. The lowest BCUT2D eigenvalue weighted by Crippen LogP contribution is -2.09. The summed E-state index contributed by atoms with van der Waals surface area (Å²) in [5, 5.41) is 2.88. The number of allylic oxidation sites excluding steroid dienone is 12. The van der Waals surface area contributed by atoms with Gasteiger partial charge in [-0.3, -0.25) is 0 Å². The molecule has 0 radical (unpaired) electrons. The molecule has 272 valence electrons. The zero-order valence-electron chi connectivity index (χ0n) is 28.4. The van der Waals surface area contributed by atoms with Gasteiger partial charge in [0.2, 0.25) is 0 Å². The number of hydrogen-bond donors (Lipinski definition) is 0. The van der Waals surface area contributed by atoms with Crippen LogP contribution in [-0.4, -0.2) is 22.8 Å². The lowest BCUT2D eigenvalue weighted by Gasteiger charge is -2.21. The van der Waals surface area contributed by atoms with Gasteiger partial charge in [-0.05, 0) is 97.1 Å². The molecule has 0 amide bonds. The predicted octanol–water partition coefficient (Wildman–Crippen LogP) is 14.9. The molecule has 5 heterocycles. The van der Waals surface area contributed by atoms with Crippen LogP contribution >= 0.6 is 92.8 Å². The molecule has 4 aromatic rings. The fourth-order valence-corrected chi connectivity index (χ4v) is 9.38. The first-order valence-electron chi connectivity index (χ1n) is 16.9. The van der Waals surface area contributed by atoms with Gasteiger partial charge in [0.05, 0.1) is 55.7 Å². The number of halogens is 8. The Hall–Kier alpha value is -4.20. The van der Waals surface area contributed by atoms with E-state index in [1.807, 2.05) is 48.6 Å². The Kier molecular flexibility index (Phi) is 9.98. The van der Waals surface area contributed by atoms with E-state index in [9.17, 15) is 0 Å². The van der Waals surface area contributed by atoms with Crippen molar-refractivity contribution in [2.45, 2.75) is 0 Å². The number of nitrogens with zero attached hydrogens (tertiary/aromatic N) is 4. The van der Waals surface area contributed by atoms with Gasteiger partial charge in [0.1, 0.15) is 0 Å². The summed E-state index contributed by atoms with van der Waals surface area (Å²) in [5.74, 6) is 0. The second-order valence-electron chi connectivity index (χ2n) is 12.8. The van der Waals surface area contributed by atoms with E-state index in [0.29, 0.717) is 125 Å². The van der Waals surface area contributed by atoms with E-state index < -0.39 is 0 Å².